The second-order valence-corrected chi connectivity index (χ2v) is 12.3. The van der Waals surface area contributed by atoms with Crippen LogP contribution in [0.1, 0.15) is 41.5 Å². The molecular weight excluding hydrogens is 530 g/mol. The maximum Gasteiger partial charge on any atom is 0.411 e. The van der Waals surface area contributed by atoms with E-state index in [9.17, 15) is 18.0 Å². The zero-order valence-corrected chi connectivity index (χ0v) is 23.8. The average molecular weight is 562 g/mol. The number of pyridine rings is 1. The van der Waals surface area contributed by atoms with E-state index in [1.54, 1.807) is 59.0 Å². The lowest BCUT2D eigenvalue weighted by Gasteiger charge is -2.22. The Morgan fingerprint density at radius 1 is 1.03 bits per heavy atom. The van der Waals surface area contributed by atoms with Gasteiger partial charge in [-0.2, -0.15) is 0 Å². The molecule has 38 heavy (non-hydrogen) atoms. The lowest BCUT2D eigenvalue weighted by atomic mass is 10.1. The molecule has 3 rings (SSSR count). The number of methoxy groups -OCH3 is 1. The summed E-state index contributed by atoms with van der Waals surface area (Å²) in [7, 11) is -2.50. The summed E-state index contributed by atoms with van der Waals surface area (Å²) < 4.78 is 39.9. The van der Waals surface area contributed by atoms with Crippen molar-refractivity contribution in [2.45, 2.75) is 58.1 Å². The van der Waals surface area contributed by atoms with Gasteiger partial charge in [-0.25, -0.2) is 27.9 Å². The van der Waals surface area contributed by atoms with Crippen LogP contribution in [0.25, 0.3) is 21.1 Å². The van der Waals surface area contributed by atoms with Crippen molar-refractivity contribution in [1.29, 1.82) is 0 Å². The molecule has 2 amide bonds. The number of nitrogens with zero attached hydrogens (tertiary/aromatic N) is 2. The second-order valence-electron chi connectivity index (χ2n) is 9.63. The number of amides is 2. The number of hydrogen-bond acceptors (Lipinski definition) is 9. The van der Waals surface area contributed by atoms with Gasteiger partial charge in [0, 0.05) is 36.0 Å². The molecule has 0 bridgehead atoms. The van der Waals surface area contributed by atoms with Crippen LogP contribution in [-0.2, 0) is 19.6 Å². The predicted molar refractivity (Wildman–Crippen MR) is 147 cm³/mol. The SMILES string of the molecule is COc1cc(NC(=O)OC(C)C)cnc1-c1ncc(-c2ccc(NC(C)=O)cc2S(=O)(=O)NC(C)(C)C)s1. The second kappa shape index (κ2) is 11.5. The monoisotopic (exact) mass is 561 g/mol. The maximum atomic E-state index is 13.3. The van der Waals surface area contributed by atoms with Crippen LogP contribution in [0.5, 0.6) is 5.75 Å². The number of anilines is 2. The predicted octanol–water partition coefficient (Wildman–Crippen LogP) is 4.87. The number of hydrogen-bond donors (Lipinski definition) is 3. The fraction of sp³-hybridized carbons (Fsp3) is 0.360. The minimum atomic E-state index is -3.96. The molecule has 0 aliphatic heterocycles. The Morgan fingerprint density at radius 2 is 1.74 bits per heavy atom. The molecule has 0 radical (unpaired) electrons. The third kappa shape index (κ3) is 7.49. The van der Waals surface area contributed by atoms with Gasteiger partial charge in [-0.3, -0.25) is 10.1 Å². The summed E-state index contributed by atoms with van der Waals surface area (Å²) in [4.78, 5) is 32.9. The van der Waals surface area contributed by atoms with E-state index < -0.39 is 21.7 Å². The summed E-state index contributed by atoms with van der Waals surface area (Å²) in [5, 5.41) is 5.70. The summed E-state index contributed by atoms with van der Waals surface area (Å²) in [5.41, 5.74) is 0.825. The van der Waals surface area contributed by atoms with Gasteiger partial charge in [0.15, 0.2) is 0 Å². The van der Waals surface area contributed by atoms with Crippen molar-refractivity contribution in [3.8, 4) is 26.9 Å². The summed E-state index contributed by atoms with van der Waals surface area (Å²) in [6.07, 6.45) is 2.11. The minimum absolute atomic E-state index is 0.00277. The molecule has 0 aliphatic rings. The van der Waals surface area contributed by atoms with Crippen molar-refractivity contribution in [1.82, 2.24) is 14.7 Å². The van der Waals surface area contributed by atoms with E-state index in [0.29, 0.717) is 38.3 Å². The number of ether oxygens (including phenoxy) is 2. The van der Waals surface area contributed by atoms with Gasteiger partial charge in [-0.05, 0) is 46.8 Å². The quantitative estimate of drug-likeness (QED) is 0.353. The van der Waals surface area contributed by atoms with E-state index in [0.717, 1.165) is 0 Å². The van der Waals surface area contributed by atoms with E-state index >= 15 is 0 Å². The molecule has 13 heteroatoms. The van der Waals surface area contributed by atoms with Gasteiger partial charge in [0.25, 0.3) is 0 Å². The van der Waals surface area contributed by atoms with Gasteiger partial charge in [-0.15, -0.1) is 11.3 Å². The topological polar surface area (TPSA) is 149 Å². The first kappa shape index (κ1) is 29.0. The minimum Gasteiger partial charge on any atom is -0.494 e. The molecule has 0 spiro atoms. The molecule has 204 valence electrons. The summed E-state index contributed by atoms with van der Waals surface area (Å²) >= 11 is 1.22. The fourth-order valence-corrected chi connectivity index (χ4v) is 6.07. The Bertz CT molecular complexity index is 1440. The average Bonchev–Trinajstić information content (AvgIpc) is 3.26. The summed E-state index contributed by atoms with van der Waals surface area (Å²) in [5.74, 6) is 0.0371. The lowest BCUT2D eigenvalue weighted by Crippen LogP contribution is -2.40. The number of aromatic nitrogens is 2. The van der Waals surface area contributed by atoms with Crippen LogP contribution in [0.15, 0.2) is 41.6 Å². The maximum absolute atomic E-state index is 13.3. The smallest absolute Gasteiger partial charge is 0.411 e. The lowest BCUT2D eigenvalue weighted by molar-refractivity contribution is -0.114. The first-order chi connectivity index (χ1) is 17.7. The molecular formula is C25H31N5O6S2. The third-order valence-corrected chi connectivity index (χ3v) is 7.50. The number of carbonyl (C=O) groups excluding carboxylic acids is 2. The zero-order valence-electron chi connectivity index (χ0n) is 22.2. The van der Waals surface area contributed by atoms with Gasteiger partial charge in [0.05, 0.1) is 34.9 Å². The molecule has 2 heterocycles. The highest BCUT2D eigenvalue weighted by atomic mass is 32.2. The molecule has 0 unspecified atom stereocenters. The Balaban J connectivity index is 2.02. The first-order valence-corrected chi connectivity index (χ1v) is 13.9. The standard InChI is InChI=1S/C25H31N5O6S2/c1-14(2)36-24(32)29-17-10-19(35-7)22(26-12-17)23-27-13-20(37-23)18-9-8-16(28-15(3)31)11-21(18)38(33,34)30-25(4,5)6/h8-14,30H,1-7H3,(H,28,31)(H,29,32). The molecule has 1 aromatic carbocycles. The van der Waals surface area contributed by atoms with Crippen molar-refractivity contribution in [2.75, 3.05) is 17.7 Å². The van der Waals surface area contributed by atoms with Gasteiger partial charge in [0.1, 0.15) is 16.5 Å². The molecule has 3 N–H and O–H groups in total. The van der Waals surface area contributed by atoms with Crippen molar-refractivity contribution in [2.24, 2.45) is 0 Å². The van der Waals surface area contributed by atoms with Crippen molar-refractivity contribution in [3.05, 3.63) is 36.7 Å². The Labute approximate surface area is 226 Å². The number of thiazole rings is 1. The van der Waals surface area contributed by atoms with E-state index in [4.69, 9.17) is 9.47 Å². The number of nitrogens with one attached hydrogen (secondary N) is 3. The van der Waals surface area contributed by atoms with E-state index in [1.807, 2.05) is 0 Å². The van der Waals surface area contributed by atoms with Gasteiger partial charge >= 0.3 is 6.09 Å². The molecule has 11 nitrogen and oxygen atoms in total. The third-order valence-electron chi connectivity index (χ3n) is 4.67. The molecule has 0 aliphatic carbocycles. The molecule has 0 fully saturated rings. The normalized spacial score (nSPS) is 11.8. The number of sulfonamides is 1. The fourth-order valence-electron chi connectivity index (χ4n) is 3.39. The molecule has 0 saturated carbocycles. The van der Waals surface area contributed by atoms with E-state index in [-0.39, 0.29) is 16.9 Å². The van der Waals surface area contributed by atoms with Crippen LogP contribution in [0.4, 0.5) is 16.2 Å². The first-order valence-electron chi connectivity index (χ1n) is 11.6. The Morgan fingerprint density at radius 3 is 2.34 bits per heavy atom. The van der Waals surface area contributed by atoms with Crippen LogP contribution in [0.3, 0.4) is 0 Å². The molecule has 0 atom stereocenters. The van der Waals surface area contributed by atoms with Crippen molar-refractivity contribution >= 4 is 44.7 Å². The highest BCUT2D eigenvalue weighted by Gasteiger charge is 2.27. The van der Waals surface area contributed by atoms with Crippen LogP contribution < -0.4 is 20.1 Å². The molecule has 3 aromatic rings. The van der Waals surface area contributed by atoms with Crippen LogP contribution in [0, 0.1) is 0 Å². The molecule has 0 saturated heterocycles. The van der Waals surface area contributed by atoms with Gasteiger partial charge in [-0.1, -0.05) is 6.07 Å². The van der Waals surface area contributed by atoms with E-state index in [1.165, 1.54) is 37.6 Å². The highest BCUT2D eigenvalue weighted by molar-refractivity contribution is 7.89. The van der Waals surface area contributed by atoms with Crippen LogP contribution in [0.2, 0.25) is 0 Å². The Kier molecular flexibility index (Phi) is 8.75. The Hall–Kier alpha value is -3.55. The summed E-state index contributed by atoms with van der Waals surface area (Å²) in [6, 6.07) is 6.26. The van der Waals surface area contributed by atoms with Crippen LogP contribution >= 0.6 is 11.3 Å². The number of carbonyl (C=O) groups is 2. The van der Waals surface area contributed by atoms with E-state index in [2.05, 4.69) is 25.3 Å². The zero-order chi connectivity index (χ0) is 28.3. The van der Waals surface area contributed by atoms with Crippen molar-refractivity contribution in [3.63, 3.8) is 0 Å². The summed E-state index contributed by atoms with van der Waals surface area (Å²) in [6.45, 7) is 10.1. The number of benzene rings is 1. The van der Waals surface area contributed by atoms with Gasteiger partial charge < -0.3 is 14.8 Å². The highest BCUT2D eigenvalue weighted by Crippen LogP contribution is 2.39. The van der Waals surface area contributed by atoms with Gasteiger partial charge in [0.2, 0.25) is 15.9 Å². The largest absolute Gasteiger partial charge is 0.494 e. The van der Waals surface area contributed by atoms with Crippen LogP contribution in [-0.4, -0.2) is 49.1 Å². The molecule has 2 aromatic heterocycles. The number of rotatable bonds is 8. The van der Waals surface area contributed by atoms with Crippen molar-refractivity contribution < 1.29 is 27.5 Å².